The second-order valence-corrected chi connectivity index (χ2v) is 8.88. The number of amides is 1. The first-order chi connectivity index (χ1) is 18.9. The van der Waals surface area contributed by atoms with Crippen molar-refractivity contribution in [1.29, 1.82) is 0 Å². The SMILES string of the molecule is COCc1nc(C(=O)NCc2cc3ccnc(N)c3cc2OC)nn1Cc1ccc(Cn2cc(F)cn2)cc1. The average molecular weight is 531 g/mol. The molecule has 0 saturated heterocycles. The summed E-state index contributed by atoms with van der Waals surface area (Å²) in [7, 11) is 3.11. The van der Waals surface area contributed by atoms with Crippen molar-refractivity contribution in [3.05, 3.63) is 95.2 Å². The summed E-state index contributed by atoms with van der Waals surface area (Å²) in [6.07, 6.45) is 4.15. The van der Waals surface area contributed by atoms with Gasteiger partial charge in [0.1, 0.15) is 18.2 Å². The summed E-state index contributed by atoms with van der Waals surface area (Å²) in [5.74, 6) is 0.747. The summed E-state index contributed by atoms with van der Waals surface area (Å²) in [6.45, 7) is 1.25. The molecule has 11 nitrogen and oxygen atoms in total. The first kappa shape index (κ1) is 25.8. The molecule has 39 heavy (non-hydrogen) atoms. The van der Waals surface area contributed by atoms with Crippen LogP contribution in [0, 0.1) is 5.82 Å². The Morgan fingerprint density at radius 2 is 1.87 bits per heavy atom. The van der Waals surface area contributed by atoms with Crippen molar-refractivity contribution < 1.29 is 18.7 Å². The Bertz CT molecular complexity index is 1610. The fourth-order valence-electron chi connectivity index (χ4n) is 4.22. The van der Waals surface area contributed by atoms with Gasteiger partial charge in [-0.2, -0.15) is 5.10 Å². The molecular weight excluding hydrogens is 503 g/mol. The van der Waals surface area contributed by atoms with E-state index in [0.717, 1.165) is 27.5 Å². The van der Waals surface area contributed by atoms with Gasteiger partial charge in [-0.15, -0.1) is 5.10 Å². The van der Waals surface area contributed by atoms with Gasteiger partial charge in [0.25, 0.3) is 5.91 Å². The second-order valence-electron chi connectivity index (χ2n) is 8.88. The van der Waals surface area contributed by atoms with E-state index in [-0.39, 0.29) is 24.8 Å². The van der Waals surface area contributed by atoms with E-state index in [4.69, 9.17) is 15.2 Å². The van der Waals surface area contributed by atoms with Gasteiger partial charge in [0.2, 0.25) is 5.82 Å². The lowest BCUT2D eigenvalue weighted by molar-refractivity contribution is 0.0940. The maximum atomic E-state index is 13.2. The number of ether oxygens (including phenoxy) is 2. The highest BCUT2D eigenvalue weighted by atomic mass is 19.1. The lowest BCUT2D eigenvalue weighted by atomic mass is 10.1. The van der Waals surface area contributed by atoms with Crippen LogP contribution in [0.1, 0.15) is 33.1 Å². The first-order valence-corrected chi connectivity index (χ1v) is 12.1. The Morgan fingerprint density at radius 3 is 2.56 bits per heavy atom. The van der Waals surface area contributed by atoms with Crippen LogP contribution in [-0.2, 0) is 31.0 Å². The highest BCUT2D eigenvalue weighted by molar-refractivity contribution is 5.93. The number of carbonyl (C=O) groups excluding carboxylic acids is 1. The summed E-state index contributed by atoms with van der Waals surface area (Å²) < 4.78 is 27.1. The van der Waals surface area contributed by atoms with Gasteiger partial charge in [0.15, 0.2) is 11.6 Å². The van der Waals surface area contributed by atoms with Crippen LogP contribution in [0.5, 0.6) is 5.75 Å². The molecule has 0 aliphatic heterocycles. The molecule has 0 radical (unpaired) electrons. The number of halogens is 1. The van der Waals surface area contributed by atoms with Gasteiger partial charge in [-0.05, 0) is 34.7 Å². The summed E-state index contributed by atoms with van der Waals surface area (Å²) >= 11 is 0. The molecule has 5 rings (SSSR count). The molecule has 0 unspecified atom stereocenters. The highest BCUT2D eigenvalue weighted by Crippen LogP contribution is 2.28. The number of rotatable bonds is 10. The van der Waals surface area contributed by atoms with Crippen LogP contribution in [0.3, 0.4) is 0 Å². The molecule has 0 bridgehead atoms. The van der Waals surface area contributed by atoms with E-state index in [2.05, 4.69) is 25.5 Å². The molecule has 0 aliphatic rings. The lowest BCUT2D eigenvalue weighted by Gasteiger charge is -2.11. The largest absolute Gasteiger partial charge is 0.496 e. The molecule has 0 atom stereocenters. The van der Waals surface area contributed by atoms with E-state index >= 15 is 0 Å². The van der Waals surface area contributed by atoms with Crippen molar-refractivity contribution in [2.45, 2.75) is 26.2 Å². The van der Waals surface area contributed by atoms with Crippen LogP contribution in [0.25, 0.3) is 10.8 Å². The Balaban J connectivity index is 1.29. The summed E-state index contributed by atoms with van der Waals surface area (Å²) in [4.78, 5) is 21.5. The minimum absolute atomic E-state index is 0.0348. The van der Waals surface area contributed by atoms with E-state index in [1.165, 1.54) is 17.1 Å². The van der Waals surface area contributed by atoms with Crippen molar-refractivity contribution in [2.75, 3.05) is 20.0 Å². The predicted molar refractivity (Wildman–Crippen MR) is 141 cm³/mol. The molecule has 1 amide bonds. The number of nitrogens with zero attached hydrogens (tertiary/aromatic N) is 6. The molecular formula is C27H27FN8O3. The molecule has 0 fully saturated rings. The highest BCUT2D eigenvalue weighted by Gasteiger charge is 2.18. The smallest absolute Gasteiger partial charge is 0.291 e. The number of pyridine rings is 1. The van der Waals surface area contributed by atoms with Gasteiger partial charge < -0.3 is 20.5 Å². The van der Waals surface area contributed by atoms with Gasteiger partial charge in [-0.1, -0.05) is 24.3 Å². The zero-order valence-corrected chi connectivity index (χ0v) is 21.5. The maximum absolute atomic E-state index is 13.2. The second kappa shape index (κ2) is 11.3. The van der Waals surface area contributed by atoms with E-state index < -0.39 is 5.91 Å². The number of fused-ring (bicyclic) bond motifs is 1. The van der Waals surface area contributed by atoms with Gasteiger partial charge in [0, 0.05) is 30.8 Å². The van der Waals surface area contributed by atoms with Gasteiger partial charge in [0.05, 0.1) is 32.6 Å². The topological polar surface area (TPSA) is 135 Å². The van der Waals surface area contributed by atoms with Gasteiger partial charge in [-0.25, -0.2) is 19.0 Å². The zero-order chi connectivity index (χ0) is 27.4. The molecule has 12 heteroatoms. The van der Waals surface area contributed by atoms with Crippen LogP contribution >= 0.6 is 0 Å². The summed E-state index contributed by atoms with van der Waals surface area (Å²) in [5, 5.41) is 12.9. The van der Waals surface area contributed by atoms with Gasteiger partial charge >= 0.3 is 0 Å². The number of carbonyl (C=O) groups is 1. The molecule has 5 aromatic rings. The van der Waals surface area contributed by atoms with Crippen LogP contribution in [0.2, 0.25) is 0 Å². The fourth-order valence-corrected chi connectivity index (χ4v) is 4.22. The Hall–Kier alpha value is -4.84. The fraction of sp³-hybridized carbons (Fsp3) is 0.222. The third kappa shape index (κ3) is 5.85. The Kier molecular flexibility index (Phi) is 7.46. The van der Waals surface area contributed by atoms with E-state index in [1.54, 1.807) is 31.2 Å². The normalized spacial score (nSPS) is 11.2. The first-order valence-electron chi connectivity index (χ1n) is 12.1. The summed E-state index contributed by atoms with van der Waals surface area (Å²) in [6, 6.07) is 13.3. The minimum Gasteiger partial charge on any atom is -0.496 e. The van der Waals surface area contributed by atoms with Crippen molar-refractivity contribution in [3.63, 3.8) is 0 Å². The molecule has 3 aromatic heterocycles. The molecule has 0 saturated carbocycles. The quantitative estimate of drug-likeness (QED) is 0.281. The monoisotopic (exact) mass is 530 g/mol. The number of methoxy groups -OCH3 is 2. The van der Waals surface area contributed by atoms with E-state index in [9.17, 15) is 9.18 Å². The van der Waals surface area contributed by atoms with Crippen molar-refractivity contribution in [1.82, 2.24) is 34.8 Å². The van der Waals surface area contributed by atoms with Gasteiger partial charge in [-0.3, -0.25) is 9.48 Å². The molecule has 0 aliphatic carbocycles. The summed E-state index contributed by atoms with van der Waals surface area (Å²) in [5.41, 5.74) is 8.68. The molecule has 2 aromatic carbocycles. The van der Waals surface area contributed by atoms with Crippen LogP contribution in [-0.4, -0.2) is 49.7 Å². The number of anilines is 1. The van der Waals surface area contributed by atoms with Crippen LogP contribution < -0.4 is 15.8 Å². The number of hydrogen-bond donors (Lipinski definition) is 2. The van der Waals surface area contributed by atoms with Crippen molar-refractivity contribution in [2.24, 2.45) is 0 Å². The number of aromatic nitrogens is 6. The molecule has 200 valence electrons. The van der Waals surface area contributed by atoms with Crippen molar-refractivity contribution >= 4 is 22.5 Å². The zero-order valence-electron chi connectivity index (χ0n) is 21.5. The molecule has 3 heterocycles. The van der Waals surface area contributed by atoms with E-state index in [0.29, 0.717) is 30.5 Å². The number of hydrogen-bond acceptors (Lipinski definition) is 8. The molecule has 0 spiro atoms. The van der Waals surface area contributed by atoms with Crippen molar-refractivity contribution in [3.8, 4) is 5.75 Å². The number of nitrogens with two attached hydrogens (primary N) is 1. The minimum atomic E-state index is -0.427. The third-order valence-corrected chi connectivity index (χ3v) is 6.16. The number of nitrogens with one attached hydrogen (secondary N) is 1. The van der Waals surface area contributed by atoms with Crippen LogP contribution in [0.15, 0.2) is 61.1 Å². The Labute approximate surface area is 223 Å². The number of benzene rings is 2. The third-order valence-electron chi connectivity index (χ3n) is 6.16. The maximum Gasteiger partial charge on any atom is 0.291 e. The van der Waals surface area contributed by atoms with Crippen LogP contribution in [0.4, 0.5) is 10.2 Å². The molecule has 3 N–H and O–H groups in total. The standard InChI is InChI=1S/C27H27FN8O3/c1-38-16-24-33-26(27(37)31-11-20-9-19-7-8-30-25(29)22(19)10-23(20)39-2)34-36(24)14-18-5-3-17(4-6-18)13-35-15-21(28)12-32-35/h3-10,12,15H,11,13-14,16H2,1-2H3,(H2,29,30)(H,31,37). The average Bonchev–Trinajstić information content (AvgIpc) is 3.53. The number of nitrogen functional groups attached to an aromatic ring is 1. The van der Waals surface area contributed by atoms with E-state index in [1.807, 2.05) is 36.4 Å². The lowest BCUT2D eigenvalue weighted by Crippen LogP contribution is -2.24. The predicted octanol–water partition coefficient (Wildman–Crippen LogP) is 2.93. The Morgan fingerprint density at radius 1 is 1.10 bits per heavy atom.